The van der Waals surface area contributed by atoms with Crippen molar-refractivity contribution in [2.24, 2.45) is 0 Å². The number of hydrogen-bond donors (Lipinski definition) is 2. The molecule has 1 aliphatic rings. The topological polar surface area (TPSA) is 119 Å². The fraction of sp³-hybridized carbons (Fsp3) is 0.346. The Morgan fingerprint density at radius 1 is 1.17 bits per heavy atom. The average Bonchev–Trinajstić information content (AvgIpc) is 3.20. The van der Waals surface area contributed by atoms with Crippen molar-refractivity contribution in [3.8, 4) is 17.0 Å². The van der Waals surface area contributed by atoms with Crippen molar-refractivity contribution in [2.45, 2.75) is 38.5 Å². The van der Waals surface area contributed by atoms with Crippen LogP contribution in [0.4, 0.5) is 27.6 Å². The summed E-state index contributed by atoms with van der Waals surface area (Å²) in [4.78, 5) is 26.0. The van der Waals surface area contributed by atoms with Crippen LogP contribution in [0.3, 0.4) is 0 Å². The molecule has 4 rings (SSSR count). The molecule has 2 amide bonds. The van der Waals surface area contributed by atoms with Crippen molar-refractivity contribution >= 4 is 27.3 Å². The van der Waals surface area contributed by atoms with Crippen LogP contribution in [0.15, 0.2) is 36.4 Å². The quantitative estimate of drug-likeness (QED) is 0.378. The first-order valence-corrected chi connectivity index (χ1v) is 14.2. The van der Waals surface area contributed by atoms with Gasteiger partial charge in [-0.05, 0) is 54.8 Å². The second-order valence-corrected chi connectivity index (χ2v) is 12.0. The molecule has 1 atom stereocenters. The predicted molar refractivity (Wildman–Crippen MR) is 138 cm³/mol. The zero-order valence-corrected chi connectivity index (χ0v) is 22.8. The van der Waals surface area contributed by atoms with Gasteiger partial charge in [0, 0.05) is 11.8 Å². The predicted octanol–water partition coefficient (Wildman–Crippen LogP) is 3.97. The van der Waals surface area contributed by atoms with Crippen LogP contribution in [0, 0.1) is 11.6 Å². The summed E-state index contributed by atoms with van der Waals surface area (Å²) >= 11 is 0. The van der Waals surface area contributed by atoms with Crippen molar-refractivity contribution in [3.05, 3.63) is 64.9 Å². The van der Waals surface area contributed by atoms with Gasteiger partial charge in [0.15, 0.2) is 33.8 Å². The lowest BCUT2D eigenvalue weighted by atomic mass is 9.85. The molecule has 1 aliphatic heterocycles. The van der Waals surface area contributed by atoms with E-state index in [4.69, 9.17) is 4.74 Å². The molecule has 15 heteroatoms. The highest BCUT2D eigenvalue weighted by atomic mass is 32.2. The molecule has 3 aromatic rings. The van der Waals surface area contributed by atoms with E-state index in [0.29, 0.717) is 17.5 Å². The van der Waals surface area contributed by atoms with Gasteiger partial charge in [0.2, 0.25) is 5.91 Å². The number of halogens is 5. The maximum atomic E-state index is 14.1. The van der Waals surface area contributed by atoms with Gasteiger partial charge >= 0.3 is 6.18 Å². The van der Waals surface area contributed by atoms with Crippen molar-refractivity contribution in [2.75, 3.05) is 23.9 Å². The van der Waals surface area contributed by atoms with Gasteiger partial charge in [-0.3, -0.25) is 14.3 Å². The number of alkyl halides is 3. The largest absolute Gasteiger partial charge is 0.484 e. The number of benzene rings is 2. The molecule has 41 heavy (non-hydrogen) atoms. The number of anilines is 1. The number of nitrogens with one attached hydrogen (secondary N) is 2. The maximum absolute atomic E-state index is 14.1. The lowest BCUT2D eigenvalue weighted by Gasteiger charge is -2.37. The standard InChI is InChI=1S/C26H25F5N4O5S/c1-4-14-9-16(40-13-26(29,30)31)6-7-17(14)25(2)12-35-23(24(37)33-25)22(32-20(36)11-41(3,38)39)21(34-35)15-5-8-18(27)19(28)10-15/h5-10H,4,11-13H2,1-3H3,(H,32,36)(H,33,37)/t25-/m1/s1. The van der Waals surface area contributed by atoms with Gasteiger partial charge in [0.1, 0.15) is 22.9 Å². The normalized spacial score (nSPS) is 17.1. The summed E-state index contributed by atoms with van der Waals surface area (Å²) in [7, 11) is -3.75. The molecule has 0 saturated heterocycles. The lowest BCUT2D eigenvalue weighted by Crippen LogP contribution is -2.52. The summed E-state index contributed by atoms with van der Waals surface area (Å²) in [6.45, 7) is 1.93. The van der Waals surface area contributed by atoms with Crippen molar-refractivity contribution in [1.29, 1.82) is 0 Å². The number of fused-ring (bicyclic) bond motifs is 1. The summed E-state index contributed by atoms with van der Waals surface area (Å²) in [5, 5.41) is 9.61. The number of sulfone groups is 1. The number of aromatic nitrogens is 2. The van der Waals surface area contributed by atoms with Crippen molar-refractivity contribution in [1.82, 2.24) is 15.1 Å². The molecule has 0 radical (unpaired) electrons. The summed E-state index contributed by atoms with van der Waals surface area (Å²) in [5.74, 6) is -4.97. The molecular weight excluding hydrogens is 575 g/mol. The molecule has 2 aromatic carbocycles. The van der Waals surface area contributed by atoms with Crippen LogP contribution in [0.1, 0.15) is 35.5 Å². The molecule has 0 unspecified atom stereocenters. The van der Waals surface area contributed by atoms with E-state index >= 15 is 0 Å². The van der Waals surface area contributed by atoms with Crippen molar-refractivity contribution in [3.63, 3.8) is 0 Å². The first kappa shape index (κ1) is 30.0. The molecule has 0 aliphatic carbocycles. The van der Waals surface area contributed by atoms with E-state index in [1.165, 1.54) is 28.9 Å². The third-order valence-electron chi connectivity index (χ3n) is 6.33. The second kappa shape index (κ2) is 10.8. The van der Waals surface area contributed by atoms with E-state index in [0.717, 1.165) is 18.4 Å². The van der Waals surface area contributed by atoms with Gasteiger partial charge in [0.25, 0.3) is 5.91 Å². The molecule has 9 nitrogen and oxygen atoms in total. The molecular formula is C26H25F5N4O5S. The number of carbonyl (C=O) groups excluding carboxylic acids is 2. The van der Waals surface area contributed by atoms with Gasteiger partial charge in [-0.1, -0.05) is 13.0 Å². The highest BCUT2D eigenvalue weighted by molar-refractivity contribution is 7.91. The SMILES string of the molecule is CCc1cc(OCC(F)(F)F)ccc1[C@@]1(C)Cn2nc(-c3ccc(F)c(F)c3)c(NC(=O)CS(C)(=O)=O)c2C(=O)N1. The van der Waals surface area contributed by atoms with E-state index in [9.17, 15) is 40.0 Å². The Morgan fingerprint density at radius 2 is 1.88 bits per heavy atom. The molecule has 220 valence electrons. The molecule has 0 spiro atoms. The Morgan fingerprint density at radius 3 is 2.49 bits per heavy atom. The number of carbonyl (C=O) groups is 2. The molecule has 1 aromatic heterocycles. The smallest absolute Gasteiger partial charge is 0.422 e. The Bertz CT molecular complexity index is 1640. The number of hydrogen-bond acceptors (Lipinski definition) is 6. The summed E-state index contributed by atoms with van der Waals surface area (Å²) in [6, 6.07) is 7.17. The first-order chi connectivity index (χ1) is 19.0. The van der Waals surface area contributed by atoms with Gasteiger partial charge < -0.3 is 15.4 Å². The van der Waals surface area contributed by atoms with Gasteiger partial charge in [-0.25, -0.2) is 17.2 Å². The molecule has 2 N–H and O–H groups in total. The molecule has 0 fully saturated rings. The van der Waals surface area contributed by atoms with Crippen LogP contribution >= 0.6 is 0 Å². The van der Waals surface area contributed by atoms with E-state index in [2.05, 4.69) is 15.7 Å². The first-order valence-electron chi connectivity index (χ1n) is 12.2. The molecule has 0 saturated carbocycles. The summed E-state index contributed by atoms with van der Waals surface area (Å²) in [6.07, 6.45) is -3.30. The number of rotatable bonds is 8. The van der Waals surface area contributed by atoms with Crippen LogP contribution in [0.2, 0.25) is 0 Å². The summed E-state index contributed by atoms with van der Waals surface area (Å²) < 4.78 is 95.0. The van der Waals surface area contributed by atoms with Crippen molar-refractivity contribution < 1.29 is 44.7 Å². The zero-order valence-electron chi connectivity index (χ0n) is 22.0. The Kier molecular flexibility index (Phi) is 7.86. The number of aryl methyl sites for hydroxylation is 1. The number of nitrogens with zero attached hydrogens (tertiary/aromatic N) is 2. The minimum absolute atomic E-state index is 0.00932. The van der Waals surface area contributed by atoms with Gasteiger partial charge in [-0.15, -0.1) is 0 Å². The fourth-order valence-electron chi connectivity index (χ4n) is 4.64. The zero-order chi connectivity index (χ0) is 30.3. The Labute approximate surface area is 231 Å². The Hall–Kier alpha value is -4.01. The third kappa shape index (κ3) is 6.66. The van der Waals surface area contributed by atoms with Gasteiger partial charge in [0.05, 0.1) is 12.1 Å². The minimum atomic E-state index is -4.52. The van der Waals surface area contributed by atoms with E-state index in [1.807, 2.05) is 0 Å². The Balaban J connectivity index is 1.78. The number of ether oxygens (including phenoxy) is 1. The van der Waals surface area contributed by atoms with Crippen LogP contribution in [-0.4, -0.2) is 54.8 Å². The fourth-order valence-corrected chi connectivity index (χ4v) is 5.19. The van der Waals surface area contributed by atoms with E-state index in [1.54, 1.807) is 13.8 Å². The van der Waals surface area contributed by atoms with Crippen LogP contribution in [-0.2, 0) is 33.1 Å². The lowest BCUT2D eigenvalue weighted by molar-refractivity contribution is -0.153. The van der Waals surface area contributed by atoms with Gasteiger partial charge in [-0.2, -0.15) is 18.3 Å². The monoisotopic (exact) mass is 600 g/mol. The summed E-state index contributed by atoms with van der Waals surface area (Å²) in [5.41, 5.74) is -0.453. The highest BCUT2D eigenvalue weighted by Crippen LogP contribution is 2.38. The van der Waals surface area contributed by atoms with E-state index in [-0.39, 0.29) is 34.9 Å². The van der Waals surface area contributed by atoms with Crippen LogP contribution in [0.25, 0.3) is 11.3 Å². The second-order valence-electron chi connectivity index (χ2n) is 9.84. The van der Waals surface area contributed by atoms with Crippen LogP contribution in [0.5, 0.6) is 5.75 Å². The average molecular weight is 601 g/mol. The molecule has 2 heterocycles. The number of amides is 2. The van der Waals surface area contributed by atoms with Crippen LogP contribution < -0.4 is 15.4 Å². The third-order valence-corrected chi connectivity index (χ3v) is 7.11. The highest BCUT2D eigenvalue weighted by Gasteiger charge is 2.41. The molecule has 0 bridgehead atoms. The van der Waals surface area contributed by atoms with E-state index < -0.39 is 57.4 Å². The minimum Gasteiger partial charge on any atom is -0.484 e. The maximum Gasteiger partial charge on any atom is 0.422 e.